The van der Waals surface area contributed by atoms with Gasteiger partial charge in [0, 0.05) is 45.5 Å². The number of carbonyl (C=O) groups excluding carboxylic acids is 3. The lowest BCUT2D eigenvalue weighted by atomic mass is 9.94. The van der Waals surface area contributed by atoms with E-state index in [1.807, 2.05) is 0 Å². The minimum atomic E-state index is -0.838. The first-order chi connectivity index (χ1) is 16.4. The van der Waals surface area contributed by atoms with Gasteiger partial charge in [0.05, 0.1) is 24.5 Å². The molecular weight excluding hydrogens is 443 g/mol. The summed E-state index contributed by atoms with van der Waals surface area (Å²) in [5.41, 5.74) is 1.21. The smallest absolute Gasteiger partial charge is 0.338 e. The van der Waals surface area contributed by atoms with E-state index in [1.54, 1.807) is 37.1 Å². The fourth-order valence-electron chi connectivity index (χ4n) is 4.21. The monoisotopic (exact) mass is 470 g/mol. The van der Waals surface area contributed by atoms with Crippen molar-refractivity contribution in [3.8, 4) is 0 Å². The van der Waals surface area contributed by atoms with E-state index in [-0.39, 0.29) is 18.1 Å². The van der Waals surface area contributed by atoms with Crippen LogP contribution in [0.4, 0.5) is 9.18 Å². The van der Waals surface area contributed by atoms with Gasteiger partial charge >= 0.3 is 12.0 Å². The molecule has 2 aliphatic heterocycles. The standard InChI is InChI=1S/C24H27FN4O5/c1-3-33-23(31)20-18(27(2)24(32)26-21(20)16-6-4-7-17(25)14-16)15-28-9-11-29(12-10-28)22(30)19-8-5-13-34-19/h4-8,13-14,21H,3,9-12,15H2,1-2H3,(H,26,32). The summed E-state index contributed by atoms with van der Waals surface area (Å²) >= 11 is 0. The van der Waals surface area contributed by atoms with Gasteiger partial charge in [-0.3, -0.25) is 14.6 Å². The molecule has 1 N–H and O–H groups in total. The summed E-state index contributed by atoms with van der Waals surface area (Å²) in [6.45, 7) is 4.22. The van der Waals surface area contributed by atoms with Crippen LogP contribution in [-0.2, 0) is 9.53 Å². The molecule has 0 saturated carbocycles. The molecule has 2 aromatic rings. The van der Waals surface area contributed by atoms with E-state index in [9.17, 15) is 18.8 Å². The fraction of sp³-hybridized carbons (Fsp3) is 0.375. The highest BCUT2D eigenvalue weighted by Gasteiger charge is 2.38. The zero-order valence-electron chi connectivity index (χ0n) is 19.1. The lowest BCUT2D eigenvalue weighted by Crippen LogP contribution is -2.53. The summed E-state index contributed by atoms with van der Waals surface area (Å²) < 4.78 is 24.5. The molecule has 34 heavy (non-hydrogen) atoms. The van der Waals surface area contributed by atoms with Crippen molar-refractivity contribution in [3.05, 3.63) is 71.1 Å². The molecule has 9 nitrogen and oxygen atoms in total. The molecule has 1 unspecified atom stereocenters. The number of nitrogens with zero attached hydrogens (tertiary/aromatic N) is 3. The lowest BCUT2D eigenvalue weighted by Gasteiger charge is -2.39. The van der Waals surface area contributed by atoms with Gasteiger partial charge in [0.1, 0.15) is 5.82 Å². The Labute approximate surface area is 196 Å². The Morgan fingerprint density at radius 2 is 1.94 bits per heavy atom. The minimum Gasteiger partial charge on any atom is -0.463 e. The second-order valence-corrected chi connectivity index (χ2v) is 8.12. The van der Waals surface area contributed by atoms with Gasteiger partial charge in [0.25, 0.3) is 5.91 Å². The number of carbonyl (C=O) groups is 3. The van der Waals surface area contributed by atoms with Crippen molar-refractivity contribution >= 4 is 17.9 Å². The summed E-state index contributed by atoms with van der Waals surface area (Å²) in [5.74, 6) is -0.906. The molecule has 0 aliphatic carbocycles. The van der Waals surface area contributed by atoms with E-state index in [4.69, 9.17) is 9.15 Å². The van der Waals surface area contributed by atoms with Gasteiger partial charge in [0.2, 0.25) is 0 Å². The summed E-state index contributed by atoms with van der Waals surface area (Å²) in [6.07, 6.45) is 1.46. The number of hydrogen-bond acceptors (Lipinski definition) is 6. The Morgan fingerprint density at radius 3 is 2.59 bits per heavy atom. The topological polar surface area (TPSA) is 95.3 Å². The Hall–Kier alpha value is -3.66. The van der Waals surface area contributed by atoms with E-state index >= 15 is 0 Å². The number of benzene rings is 1. The molecule has 1 fully saturated rings. The predicted molar refractivity (Wildman–Crippen MR) is 120 cm³/mol. The molecule has 10 heteroatoms. The maximum absolute atomic E-state index is 13.9. The van der Waals surface area contributed by atoms with Crippen LogP contribution in [0, 0.1) is 5.82 Å². The van der Waals surface area contributed by atoms with Gasteiger partial charge < -0.3 is 19.4 Å². The van der Waals surface area contributed by atoms with E-state index in [0.29, 0.717) is 49.7 Å². The molecule has 1 atom stereocenters. The van der Waals surface area contributed by atoms with Crippen LogP contribution in [-0.4, -0.2) is 79.0 Å². The van der Waals surface area contributed by atoms with Crippen LogP contribution in [0.15, 0.2) is 58.3 Å². The fourth-order valence-corrected chi connectivity index (χ4v) is 4.21. The maximum atomic E-state index is 13.9. The predicted octanol–water partition coefficient (Wildman–Crippen LogP) is 2.39. The van der Waals surface area contributed by atoms with E-state index in [2.05, 4.69) is 10.2 Å². The zero-order chi connectivity index (χ0) is 24.2. The van der Waals surface area contributed by atoms with Crippen LogP contribution < -0.4 is 5.32 Å². The molecule has 180 valence electrons. The average molecular weight is 471 g/mol. The highest BCUT2D eigenvalue weighted by atomic mass is 19.1. The number of nitrogens with one attached hydrogen (secondary N) is 1. The van der Waals surface area contributed by atoms with E-state index in [1.165, 1.54) is 29.4 Å². The molecule has 3 heterocycles. The summed E-state index contributed by atoms with van der Waals surface area (Å²) in [5, 5.41) is 2.78. The molecule has 0 bridgehead atoms. The number of hydrogen-bond donors (Lipinski definition) is 1. The Kier molecular flexibility index (Phi) is 6.97. The third kappa shape index (κ3) is 4.81. The van der Waals surface area contributed by atoms with Crippen molar-refractivity contribution in [3.63, 3.8) is 0 Å². The third-order valence-electron chi connectivity index (χ3n) is 6.02. The number of urea groups is 1. The van der Waals surface area contributed by atoms with E-state index in [0.717, 1.165) is 0 Å². The SMILES string of the molecule is CCOC(=O)C1=C(CN2CCN(C(=O)c3ccco3)CC2)N(C)C(=O)NC1c1cccc(F)c1. The Morgan fingerprint density at radius 1 is 1.18 bits per heavy atom. The molecular formula is C24H27FN4O5. The number of esters is 1. The van der Waals surface area contributed by atoms with Crippen molar-refractivity contribution in [1.29, 1.82) is 0 Å². The first-order valence-corrected chi connectivity index (χ1v) is 11.1. The Bertz CT molecular complexity index is 1090. The van der Waals surface area contributed by atoms with Crippen LogP contribution >= 0.6 is 0 Å². The first kappa shape index (κ1) is 23.5. The van der Waals surface area contributed by atoms with Crippen LogP contribution in [0.3, 0.4) is 0 Å². The first-order valence-electron chi connectivity index (χ1n) is 11.1. The van der Waals surface area contributed by atoms with Crippen molar-refractivity contribution in [2.75, 3.05) is 46.4 Å². The maximum Gasteiger partial charge on any atom is 0.338 e. The van der Waals surface area contributed by atoms with Crippen molar-refractivity contribution in [2.45, 2.75) is 13.0 Å². The van der Waals surface area contributed by atoms with Gasteiger partial charge in [-0.15, -0.1) is 0 Å². The number of piperazine rings is 1. The second kappa shape index (κ2) is 10.1. The van der Waals surface area contributed by atoms with Gasteiger partial charge in [0.15, 0.2) is 5.76 Å². The minimum absolute atomic E-state index is 0.163. The number of furan rings is 1. The molecule has 2 aliphatic rings. The Balaban J connectivity index is 1.58. The largest absolute Gasteiger partial charge is 0.463 e. The van der Waals surface area contributed by atoms with Crippen molar-refractivity contribution in [1.82, 2.24) is 20.0 Å². The van der Waals surface area contributed by atoms with Crippen molar-refractivity contribution < 1.29 is 27.9 Å². The third-order valence-corrected chi connectivity index (χ3v) is 6.02. The lowest BCUT2D eigenvalue weighted by molar-refractivity contribution is -0.139. The van der Waals surface area contributed by atoms with Crippen LogP contribution in [0.5, 0.6) is 0 Å². The van der Waals surface area contributed by atoms with Crippen molar-refractivity contribution in [2.24, 2.45) is 0 Å². The number of ether oxygens (including phenoxy) is 1. The molecule has 3 amide bonds. The van der Waals surface area contributed by atoms with Gasteiger partial charge in [-0.05, 0) is 36.8 Å². The molecule has 4 rings (SSSR count). The summed E-state index contributed by atoms with van der Waals surface area (Å²) in [4.78, 5) is 43.5. The number of rotatable bonds is 6. The van der Waals surface area contributed by atoms with Gasteiger partial charge in [-0.2, -0.15) is 0 Å². The molecule has 1 saturated heterocycles. The number of likely N-dealkylation sites (N-methyl/N-ethyl adjacent to an activating group) is 1. The molecule has 0 spiro atoms. The number of halogens is 1. The summed E-state index contributed by atoms with van der Waals surface area (Å²) in [7, 11) is 1.59. The quantitative estimate of drug-likeness (QED) is 0.652. The van der Waals surface area contributed by atoms with Crippen LogP contribution in [0.25, 0.3) is 0 Å². The highest BCUT2D eigenvalue weighted by Crippen LogP contribution is 2.32. The molecule has 1 aromatic heterocycles. The van der Waals surface area contributed by atoms with Crippen LogP contribution in [0.1, 0.15) is 29.1 Å². The molecule has 0 radical (unpaired) electrons. The van der Waals surface area contributed by atoms with Crippen LogP contribution in [0.2, 0.25) is 0 Å². The highest BCUT2D eigenvalue weighted by molar-refractivity contribution is 5.95. The van der Waals surface area contributed by atoms with E-state index < -0.39 is 23.9 Å². The number of amides is 3. The normalized spacial score (nSPS) is 19.3. The van der Waals surface area contributed by atoms with Gasteiger partial charge in [-0.1, -0.05) is 12.1 Å². The zero-order valence-corrected chi connectivity index (χ0v) is 19.1. The summed E-state index contributed by atoms with van der Waals surface area (Å²) in [6, 6.07) is 7.87. The average Bonchev–Trinajstić information content (AvgIpc) is 3.37. The second-order valence-electron chi connectivity index (χ2n) is 8.12. The molecule has 1 aromatic carbocycles. The van der Waals surface area contributed by atoms with Gasteiger partial charge in [-0.25, -0.2) is 14.0 Å².